The van der Waals surface area contributed by atoms with Crippen LogP contribution in [0.25, 0.3) is 17.0 Å². The Morgan fingerprint density at radius 2 is 1.58 bits per heavy atom. The Hall–Kier alpha value is -4.61. The summed E-state index contributed by atoms with van der Waals surface area (Å²) in [6, 6.07) is 28.8. The van der Waals surface area contributed by atoms with Crippen LogP contribution in [-0.4, -0.2) is 11.8 Å². The number of halogens is 1. The predicted molar refractivity (Wildman–Crippen MR) is 148 cm³/mol. The van der Waals surface area contributed by atoms with Gasteiger partial charge in [-0.15, -0.1) is 0 Å². The van der Waals surface area contributed by atoms with Gasteiger partial charge in [-0.2, -0.15) is 0 Å². The minimum Gasteiger partial charge on any atom is -0.489 e. The highest BCUT2D eigenvalue weighted by atomic mass is 35.5. The molecule has 6 heteroatoms. The molecule has 4 aromatic carbocycles. The molecule has 0 saturated heterocycles. The second kappa shape index (κ2) is 11.2. The summed E-state index contributed by atoms with van der Waals surface area (Å²) in [6.45, 7) is 2.12. The highest BCUT2D eigenvalue weighted by Gasteiger charge is 2.21. The summed E-state index contributed by atoms with van der Waals surface area (Å²) in [5, 5.41) is 1.17. The zero-order chi connectivity index (χ0) is 26.5. The van der Waals surface area contributed by atoms with Crippen LogP contribution in [-0.2, 0) is 6.61 Å². The second-order valence-corrected chi connectivity index (χ2v) is 9.01. The van der Waals surface area contributed by atoms with Gasteiger partial charge >= 0.3 is 5.97 Å². The summed E-state index contributed by atoms with van der Waals surface area (Å²) in [5.41, 5.74) is 3.14. The number of esters is 1. The van der Waals surface area contributed by atoms with E-state index >= 15 is 0 Å². The monoisotopic (exact) mass is 522 g/mol. The molecule has 0 N–H and O–H groups in total. The smallest absolute Gasteiger partial charge is 0.347 e. The van der Waals surface area contributed by atoms with Crippen molar-refractivity contribution in [3.8, 4) is 11.5 Å². The maximum atomic E-state index is 13.1. The van der Waals surface area contributed by atoms with Gasteiger partial charge in [0.25, 0.3) is 0 Å². The minimum absolute atomic E-state index is 0.192. The first-order chi connectivity index (χ1) is 18.5. The van der Waals surface area contributed by atoms with Crippen molar-refractivity contribution in [2.45, 2.75) is 13.5 Å². The number of carbonyl (C=O) groups is 2. The van der Waals surface area contributed by atoms with E-state index in [4.69, 9.17) is 25.5 Å². The third-order valence-corrected chi connectivity index (χ3v) is 6.30. The Labute approximate surface area is 224 Å². The van der Waals surface area contributed by atoms with Crippen LogP contribution in [0.1, 0.15) is 37.6 Å². The molecule has 1 aromatic heterocycles. The second-order valence-electron chi connectivity index (χ2n) is 8.60. The molecule has 5 aromatic rings. The lowest BCUT2D eigenvalue weighted by atomic mass is 10.1. The number of carbonyl (C=O) groups excluding carboxylic acids is 2. The molecule has 0 aliphatic rings. The van der Waals surface area contributed by atoms with Gasteiger partial charge in [0, 0.05) is 16.0 Å². The number of ether oxygens (including phenoxy) is 2. The van der Waals surface area contributed by atoms with Crippen LogP contribution < -0.4 is 9.47 Å². The van der Waals surface area contributed by atoms with Crippen molar-refractivity contribution < 1.29 is 23.5 Å². The number of rotatable bonds is 8. The van der Waals surface area contributed by atoms with E-state index < -0.39 is 5.97 Å². The van der Waals surface area contributed by atoms with Crippen molar-refractivity contribution in [3.63, 3.8) is 0 Å². The molecule has 0 radical (unpaired) electrons. The Morgan fingerprint density at radius 1 is 0.868 bits per heavy atom. The first-order valence-corrected chi connectivity index (χ1v) is 12.3. The highest BCUT2D eigenvalue weighted by Crippen LogP contribution is 2.30. The lowest BCUT2D eigenvalue weighted by Gasteiger charge is -2.07. The molecule has 0 fully saturated rings. The fourth-order valence-electron chi connectivity index (χ4n) is 4.00. The fourth-order valence-corrected chi connectivity index (χ4v) is 4.20. The Balaban J connectivity index is 1.29. The van der Waals surface area contributed by atoms with Gasteiger partial charge in [0.15, 0.2) is 5.78 Å². The number of hydrogen-bond acceptors (Lipinski definition) is 5. The SMILES string of the molecule is Cc1oc2ccc(OCc3ccccc3)cc2c1C(=O)Oc1ccc(C(=O)/C=C/c2ccccc2Cl)cc1. The van der Waals surface area contributed by atoms with Crippen LogP contribution in [0.3, 0.4) is 0 Å². The van der Waals surface area contributed by atoms with E-state index in [1.165, 1.54) is 6.08 Å². The van der Waals surface area contributed by atoms with Crippen molar-refractivity contribution >= 4 is 40.4 Å². The van der Waals surface area contributed by atoms with Crippen LogP contribution in [0.5, 0.6) is 11.5 Å². The van der Waals surface area contributed by atoms with Gasteiger partial charge in [0.1, 0.15) is 35.0 Å². The van der Waals surface area contributed by atoms with Gasteiger partial charge in [-0.05, 0) is 78.7 Å². The summed E-state index contributed by atoms with van der Waals surface area (Å²) in [6.07, 6.45) is 3.13. The summed E-state index contributed by atoms with van der Waals surface area (Å²) in [5.74, 6) is 0.624. The van der Waals surface area contributed by atoms with E-state index in [0.717, 1.165) is 11.1 Å². The molecule has 0 saturated carbocycles. The van der Waals surface area contributed by atoms with Crippen LogP contribution in [0.4, 0.5) is 0 Å². The molecule has 0 unspecified atom stereocenters. The normalized spacial score (nSPS) is 11.1. The summed E-state index contributed by atoms with van der Waals surface area (Å²) in [7, 11) is 0. The van der Waals surface area contributed by atoms with E-state index in [1.807, 2.05) is 48.5 Å². The molecular formula is C32H23ClO5. The molecule has 1 heterocycles. The summed E-state index contributed by atoms with van der Waals surface area (Å²) in [4.78, 5) is 25.7. The molecule has 38 heavy (non-hydrogen) atoms. The summed E-state index contributed by atoms with van der Waals surface area (Å²) >= 11 is 6.14. The number of fused-ring (bicyclic) bond motifs is 1. The Kier molecular flexibility index (Phi) is 7.38. The molecule has 0 atom stereocenters. The quantitative estimate of drug-likeness (QED) is 0.0891. The Morgan fingerprint density at radius 3 is 2.34 bits per heavy atom. The van der Waals surface area contributed by atoms with Crippen molar-refractivity contribution in [3.05, 3.63) is 136 Å². The first kappa shape index (κ1) is 25.1. The topological polar surface area (TPSA) is 65.7 Å². The van der Waals surface area contributed by atoms with Crippen molar-refractivity contribution in [2.75, 3.05) is 0 Å². The maximum absolute atomic E-state index is 13.1. The van der Waals surface area contributed by atoms with E-state index in [-0.39, 0.29) is 5.78 Å². The van der Waals surface area contributed by atoms with Crippen LogP contribution in [0.15, 0.2) is 108 Å². The number of ketones is 1. The molecule has 0 aliphatic carbocycles. The highest BCUT2D eigenvalue weighted by molar-refractivity contribution is 6.32. The van der Waals surface area contributed by atoms with Gasteiger partial charge in [-0.1, -0.05) is 60.1 Å². The predicted octanol–water partition coefficient (Wildman–Crippen LogP) is 8.09. The lowest BCUT2D eigenvalue weighted by Crippen LogP contribution is -2.09. The molecule has 5 rings (SSSR count). The Bertz CT molecular complexity index is 1630. The van der Waals surface area contributed by atoms with Gasteiger partial charge in [0.2, 0.25) is 0 Å². The average Bonchev–Trinajstić information content (AvgIpc) is 3.27. The number of hydrogen-bond donors (Lipinski definition) is 0. The van der Waals surface area contributed by atoms with E-state index in [2.05, 4.69) is 0 Å². The maximum Gasteiger partial charge on any atom is 0.347 e. The van der Waals surface area contributed by atoms with Crippen molar-refractivity contribution in [1.29, 1.82) is 0 Å². The van der Waals surface area contributed by atoms with E-state index in [1.54, 1.807) is 61.5 Å². The van der Waals surface area contributed by atoms with Gasteiger partial charge < -0.3 is 13.9 Å². The zero-order valence-corrected chi connectivity index (χ0v) is 21.3. The third kappa shape index (κ3) is 5.69. The van der Waals surface area contributed by atoms with E-state index in [0.29, 0.717) is 51.0 Å². The van der Waals surface area contributed by atoms with Crippen LogP contribution in [0, 0.1) is 6.92 Å². The largest absolute Gasteiger partial charge is 0.489 e. The molecule has 0 bridgehead atoms. The molecule has 0 amide bonds. The zero-order valence-electron chi connectivity index (χ0n) is 20.5. The molecular weight excluding hydrogens is 500 g/mol. The third-order valence-electron chi connectivity index (χ3n) is 5.96. The van der Waals surface area contributed by atoms with Crippen molar-refractivity contribution in [1.82, 2.24) is 0 Å². The molecule has 0 spiro atoms. The summed E-state index contributed by atoms with van der Waals surface area (Å²) < 4.78 is 17.3. The van der Waals surface area contributed by atoms with Crippen LogP contribution >= 0.6 is 11.6 Å². The standard InChI is InChI=1S/C32H23ClO5/c1-21-31(27-19-26(16-18-30(27)37-21)36-20-22-7-3-2-4-8-22)32(35)38-25-14-11-24(12-15-25)29(34)17-13-23-9-5-6-10-28(23)33/h2-19H,20H2,1H3/b17-13+. The number of aryl methyl sites for hydroxylation is 1. The number of allylic oxidation sites excluding steroid dienone is 1. The van der Waals surface area contributed by atoms with Gasteiger partial charge in [0.05, 0.1) is 0 Å². The van der Waals surface area contributed by atoms with Gasteiger partial charge in [-0.3, -0.25) is 4.79 Å². The first-order valence-electron chi connectivity index (χ1n) is 12.0. The lowest BCUT2D eigenvalue weighted by molar-refractivity contribution is 0.0734. The van der Waals surface area contributed by atoms with Gasteiger partial charge in [-0.25, -0.2) is 4.79 Å². The number of benzene rings is 4. The minimum atomic E-state index is -0.556. The number of furan rings is 1. The van der Waals surface area contributed by atoms with E-state index in [9.17, 15) is 9.59 Å². The molecule has 5 nitrogen and oxygen atoms in total. The fraction of sp³-hybridized carbons (Fsp3) is 0.0625. The van der Waals surface area contributed by atoms with Crippen molar-refractivity contribution in [2.24, 2.45) is 0 Å². The molecule has 0 aliphatic heterocycles. The molecule has 188 valence electrons. The average molecular weight is 523 g/mol. The van der Waals surface area contributed by atoms with Crippen LogP contribution in [0.2, 0.25) is 5.02 Å².